The van der Waals surface area contributed by atoms with Gasteiger partial charge in [0.2, 0.25) is 0 Å². The molecule has 0 spiro atoms. The van der Waals surface area contributed by atoms with Crippen molar-refractivity contribution in [1.29, 1.82) is 0 Å². The van der Waals surface area contributed by atoms with Gasteiger partial charge in [0.25, 0.3) is 0 Å². The predicted molar refractivity (Wildman–Crippen MR) is 69.8 cm³/mol. The van der Waals surface area contributed by atoms with Crippen LogP contribution in [-0.2, 0) is 0 Å². The number of hydrogen-bond donors (Lipinski definition) is 2. The SMILES string of the molecule is C=C(Nc1ccc(Cl)cc1C)[C@@H](C)C(C)O. The van der Waals surface area contributed by atoms with Crippen LogP contribution >= 0.6 is 11.6 Å². The van der Waals surface area contributed by atoms with Gasteiger partial charge in [0.1, 0.15) is 0 Å². The van der Waals surface area contributed by atoms with E-state index in [1.54, 1.807) is 6.92 Å². The Balaban J connectivity index is 2.77. The first-order valence-corrected chi connectivity index (χ1v) is 5.69. The molecule has 0 fully saturated rings. The Morgan fingerprint density at radius 2 is 2.06 bits per heavy atom. The highest BCUT2D eigenvalue weighted by molar-refractivity contribution is 6.30. The summed E-state index contributed by atoms with van der Waals surface area (Å²) in [5.74, 6) is 0.00933. The van der Waals surface area contributed by atoms with Crippen molar-refractivity contribution in [2.75, 3.05) is 5.32 Å². The summed E-state index contributed by atoms with van der Waals surface area (Å²) in [6.45, 7) is 9.60. The van der Waals surface area contributed by atoms with Crippen molar-refractivity contribution in [3.63, 3.8) is 0 Å². The van der Waals surface area contributed by atoms with Gasteiger partial charge in [-0.25, -0.2) is 0 Å². The third-order valence-electron chi connectivity index (χ3n) is 2.76. The smallest absolute Gasteiger partial charge is 0.0591 e. The number of aliphatic hydroxyl groups is 1. The standard InChI is InChI=1S/C13H18ClNO/c1-8-7-12(14)5-6-13(8)15-10(3)9(2)11(4)16/h5-7,9,11,15-16H,3H2,1-2,4H3/t9-,11?/m1/s1. The largest absolute Gasteiger partial charge is 0.393 e. The van der Waals surface area contributed by atoms with Crippen molar-refractivity contribution in [2.45, 2.75) is 26.9 Å². The highest BCUT2D eigenvalue weighted by atomic mass is 35.5. The molecule has 0 aromatic heterocycles. The van der Waals surface area contributed by atoms with E-state index in [0.29, 0.717) is 0 Å². The van der Waals surface area contributed by atoms with E-state index < -0.39 is 6.10 Å². The number of nitrogens with one attached hydrogen (secondary N) is 1. The molecule has 0 bridgehead atoms. The quantitative estimate of drug-likeness (QED) is 0.842. The minimum absolute atomic E-state index is 0.00933. The molecule has 0 aliphatic rings. The monoisotopic (exact) mass is 239 g/mol. The van der Waals surface area contributed by atoms with Crippen molar-refractivity contribution in [2.24, 2.45) is 5.92 Å². The first-order chi connectivity index (χ1) is 7.41. The van der Waals surface area contributed by atoms with Crippen LogP contribution in [0.15, 0.2) is 30.5 Å². The van der Waals surface area contributed by atoms with Crippen molar-refractivity contribution < 1.29 is 5.11 Å². The van der Waals surface area contributed by atoms with Crippen LogP contribution in [0.5, 0.6) is 0 Å². The Labute approximate surface area is 102 Å². The molecule has 1 unspecified atom stereocenters. The Morgan fingerprint density at radius 3 is 2.56 bits per heavy atom. The molecule has 2 atom stereocenters. The van der Waals surface area contributed by atoms with Gasteiger partial charge in [-0.2, -0.15) is 0 Å². The van der Waals surface area contributed by atoms with Crippen molar-refractivity contribution in [1.82, 2.24) is 0 Å². The van der Waals surface area contributed by atoms with Gasteiger partial charge in [0.15, 0.2) is 0 Å². The van der Waals surface area contributed by atoms with Crippen molar-refractivity contribution in [3.05, 3.63) is 41.1 Å². The van der Waals surface area contributed by atoms with Crippen molar-refractivity contribution >= 4 is 17.3 Å². The maximum Gasteiger partial charge on any atom is 0.0591 e. The molecule has 0 radical (unpaired) electrons. The normalized spacial score (nSPS) is 14.3. The van der Waals surface area contributed by atoms with Crippen LogP contribution in [0.2, 0.25) is 5.02 Å². The van der Waals surface area contributed by atoms with Gasteiger partial charge in [0.05, 0.1) is 6.10 Å². The zero-order valence-corrected chi connectivity index (χ0v) is 10.7. The molecule has 0 aliphatic carbocycles. The van der Waals surface area contributed by atoms with Crippen LogP contribution in [0.4, 0.5) is 5.69 Å². The maximum atomic E-state index is 9.46. The van der Waals surface area contributed by atoms with Crippen LogP contribution < -0.4 is 5.32 Å². The molecule has 0 amide bonds. The third kappa shape index (κ3) is 3.26. The van der Waals surface area contributed by atoms with Gasteiger partial charge in [-0.15, -0.1) is 0 Å². The Hall–Kier alpha value is -0.990. The van der Waals surface area contributed by atoms with E-state index in [2.05, 4.69) is 11.9 Å². The molecule has 1 rings (SSSR count). The van der Waals surface area contributed by atoms with E-state index >= 15 is 0 Å². The average molecular weight is 240 g/mol. The number of hydrogen-bond acceptors (Lipinski definition) is 2. The lowest BCUT2D eigenvalue weighted by molar-refractivity contribution is 0.153. The summed E-state index contributed by atoms with van der Waals surface area (Å²) in [5, 5.41) is 13.4. The third-order valence-corrected chi connectivity index (χ3v) is 2.99. The molecule has 16 heavy (non-hydrogen) atoms. The summed E-state index contributed by atoms with van der Waals surface area (Å²) < 4.78 is 0. The first kappa shape index (κ1) is 13.1. The van der Waals surface area contributed by atoms with Crippen LogP contribution in [0.1, 0.15) is 19.4 Å². The summed E-state index contributed by atoms with van der Waals surface area (Å²) in [4.78, 5) is 0. The Morgan fingerprint density at radius 1 is 1.44 bits per heavy atom. The fraction of sp³-hybridized carbons (Fsp3) is 0.385. The lowest BCUT2D eigenvalue weighted by atomic mass is 10.0. The van der Waals surface area contributed by atoms with Gasteiger partial charge < -0.3 is 10.4 Å². The molecule has 88 valence electrons. The minimum atomic E-state index is -0.410. The summed E-state index contributed by atoms with van der Waals surface area (Å²) in [6.07, 6.45) is -0.410. The van der Waals surface area contributed by atoms with Gasteiger partial charge in [0, 0.05) is 22.3 Å². The molecule has 0 heterocycles. The zero-order chi connectivity index (χ0) is 12.3. The molecular formula is C13H18ClNO. The van der Waals surface area contributed by atoms with Gasteiger partial charge in [-0.3, -0.25) is 0 Å². The van der Waals surface area contributed by atoms with Gasteiger partial charge in [-0.1, -0.05) is 25.1 Å². The fourth-order valence-corrected chi connectivity index (χ4v) is 1.57. The second-order valence-electron chi connectivity index (χ2n) is 4.14. The number of anilines is 1. The van der Waals surface area contributed by atoms with Crippen LogP contribution in [0, 0.1) is 12.8 Å². The molecule has 0 saturated carbocycles. The highest BCUT2D eigenvalue weighted by Gasteiger charge is 2.13. The van der Waals surface area contributed by atoms with Crippen LogP contribution in [-0.4, -0.2) is 11.2 Å². The van der Waals surface area contributed by atoms with E-state index in [-0.39, 0.29) is 5.92 Å². The number of halogens is 1. The van der Waals surface area contributed by atoms with Gasteiger partial charge >= 0.3 is 0 Å². The van der Waals surface area contributed by atoms with E-state index in [9.17, 15) is 5.11 Å². The summed E-state index contributed by atoms with van der Waals surface area (Å²) in [5.41, 5.74) is 2.84. The summed E-state index contributed by atoms with van der Waals surface area (Å²) in [6, 6.07) is 5.64. The van der Waals surface area contributed by atoms with Crippen molar-refractivity contribution in [3.8, 4) is 0 Å². The lowest BCUT2D eigenvalue weighted by Crippen LogP contribution is -2.19. The fourth-order valence-electron chi connectivity index (χ4n) is 1.35. The van der Waals surface area contributed by atoms with E-state index in [0.717, 1.165) is 22.0 Å². The van der Waals surface area contributed by atoms with E-state index in [4.69, 9.17) is 11.6 Å². The molecule has 1 aromatic rings. The average Bonchev–Trinajstić information content (AvgIpc) is 2.20. The summed E-state index contributed by atoms with van der Waals surface area (Å²) in [7, 11) is 0. The first-order valence-electron chi connectivity index (χ1n) is 5.32. The maximum absolute atomic E-state index is 9.46. The molecular weight excluding hydrogens is 222 g/mol. The molecule has 2 N–H and O–H groups in total. The summed E-state index contributed by atoms with van der Waals surface area (Å²) >= 11 is 5.88. The Bertz CT molecular complexity index is 388. The number of aryl methyl sites for hydroxylation is 1. The number of benzene rings is 1. The number of aliphatic hydroxyl groups excluding tert-OH is 1. The predicted octanol–water partition coefficient (Wildman–Crippen LogP) is 3.59. The lowest BCUT2D eigenvalue weighted by Gasteiger charge is -2.20. The highest BCUT2D eigenvalue weighted by Crippen LogP contribution is 2.23. The van der Waals surface area contributed by atoms with Crippen LogP contribution in [0.3, 0.4) is 0 Å². The molecule has 0 aliphatic heterocycles. The van der Waals surface area contributed by atoms with E-state index in [1.165, 1.54) is 0 Å². The number of rotatable bonds is 4. The van der Waals surface area contributed by atoms with Crippen LogP contribution in [0.25, 0.3) is 0 Å². The zero-order valence-electron chi connectivity index (χ0n) is 9.92. The Kier molecular flexibility index (Phi) is 4.39. The molecule has 3 heteroatoms. The molecule has 2 nitrogen and oxygen atoms in total. The second kappa shape index (κ2) is 5.37. The second-order valence-corrected chi connectivity index (χ2v) is 4.58. The van der Waals surface area contributed by atoms with Gasteiger partial charge in [-0.05, 0) is 37.6 Å². The molecule has 1 aromatic carbocycles. The molecule has 0 saturated heterocycles. The van der Waals surface area contributed by atoms with E-state index in [1.807, 2.05) is 32.0 Å². The minimum Gasteiger partial charge on any atom is -0.393 e. The topological polar surface area (TPSA) is 32.3 Å².